The van der Waals surface area contributed by atoms with E-state index in [1.165, 1.54) is 4.57 Å². The van der Waals surface area contributed by atoms with Crippen molar-refractivity contribution in [1.82, 2.24) is 9.13 Å². The highest BCUT2D eigenvalue weighted by atomic mass is 32.1. The first-order valence-corrected chi connectivity index (χ1v) is 7.06. The first-order chi connectivity index (χ1) is 9.33. The quantitative estimate of drug-likeness (QED) is 0.485. The van der Waals surface area contributed by atoms with E-state index < -0.39 is 21.9 Å². The first-order valence-electron chi connectivity index (χ1n) is 6.43. The summed E-state index contributed by atoms with van der Waals surface area (Å²) >= 11 is 4.21. The maximum atomic E-state index is 12.1. The van der Waals surface area contributed by atoms with E-state index in [9.17, 15) is 19.7 Å². The summed E-state index contributed by atoms with van der Waals surface area (Å²) in [6.07, 6.45) is 1.01. The standard InChI is InChI=1S/C12H19N3O4S/c1-4-13-6-10(15(18)19)11(16)14(12(13)17)5-9(7-20)8(2)3/h6,8-9,20H,4-5,7H2,1-3H3. The molecular weight excluding hydrogens is 282 g/mol. The van der Waals surface area contributed by atoms with E-state index >= 15 is 0 Å². The lowest BCUT2D eigenvalue weighted by Crippen LogP contribution is -2.42. The molecule has 7 nitrogen and oxygen atoms in total. The predicted molar refractivity (Wildman–Crippen MR) is 79.5 cm³/mol. The van der Waals surface area contributed by atoms with Crippen LogP contribution in [-0.4, -0.2) is 19.8 Å². The van der Waals surface area contributed by atoms with Crippen LogP contribution in [-0.2, 0) is 13.1 Å². The van der Waals surface area contributed by atoms with Gasteiger partial charge in [-0.15, -0.1) is 0 Å². The minimum Gasteiger partial charge on any atom is -0.294 e. The molecule has 0 aliphatic carbocycles. The summed E-state index contributed by atoms with van der Waals surface area (Å²) in [5, 5.41) is 10.9. The van der Waals surface area contributed by atoms with Gasteiger partial charge in [0.05, 0.1) is 11.1 Å². The molecule has 8 heteroatoms. The highest BCUT2D eigenvalue weighted by Gasteiger charge is 2.22. The summed E-state index contributed by atoms with van der Waals surface area (Å²) in [6, 6.07) is 0. The summed E-state index contributed by atoms with van der Waals surface area (Å²) < 4.78 is 2.12. The van der Waals surface area contributed by atoms with Gasteiger partial charge in [0.2, 0.25) is 0 Å². The topological polar surface area (TPSA) is 87.1 Å². The van der Waals surface area contributed by atoms with Crippen LogP contribution in [0.1, 0.15) is 20.8 Å². The van der Waals surface area contributed by atoms with E-state index in [-0.39, 0.29) is 24.9 Å². The van der Waals surface area contributed by atoms with E-state index in [1.54, 1.807) is 6.92 Å². The van der Waals surface area contributed by atoms with Gasteiger partial charge in [-0.1, -0.05) is 13.8 Å². The van der Waals surface area contributed by atoms with Gasteiger partial charge in [-0.3, -0.25) is 24.0 Å². The number of nitrogens with zero attached hydrogens (tertiary/aromatic N) is 3. The number of rotatable bonds is 6. The van der Waals surface area contributed by atoms with Crippen molar-refractivity contribution in [1.29, 1.82) is 0 Å². The van der Waals surface area contributed by atoms with Crippen LogP contribution >= 0.6 is 12.6 Å². The van der Waals surface area contributed by atoms with Crippen LogP contribution in [0.25, 0.3) is 0 Å². The fourth-order valence-corrected chi connectivity index (χ4v) is 2.40. The lowest BCUT2D eigenvalue weighted by molar-refractivity contribution is -0.387. The average molecular weight is 301 g/mol. The second kappa shape index (κ2) is 6.74. The third kappa shape index (κ3) is 3.30. The lowest BCUT2D eigenvalue weighted by atomic mass is 9.98. The van der Waals surface area contributed by atoms with Gasteiger partial charge < -0.3 is 0 Å². The van der Waals surface area contributed by atoms with Gasteiger partial charge in [0.1, 0.15) is 0 Å². The maximum absolute atomic E-state index is 12.1. The molecule has 1 atom stereocenters. The number of hydrogen-bond acceptors (Lipinski definition) is 5. The van der Waals surface area contributed by atoms with Gasteiger partial charge in [0.15, 0.2) is 0 Å². The fraction of sp³-hybridized carbons (Fsp3) is 0.667. The third-order valence-corrected chi connectivity index (χ3v) is 3.82. The maximum Gasteiger partial charge on any atom is 0.350 e. The van der Waals surface area contributed by atoms with Crippen molar-refractivity contribution >= 4 is 18.3 Å². The van der Waals surface area contributed by atoms with Crippen molar-refractivity contribution in [2.24, 2.45) is 11.8 Å². The summed E-state index contributed by atoms with van der Waals surface area (Å²) in [4.78, 5) is 34.4. The monoisotopic (exact) mass is 301 g/mol. The number of aryl methyl sites for hydroxylation is 1. The third-order valence-electron chi connectivity index (χ3n) is 3.35. The van der Waals surface area contributed by atoms with Crippen molar-refractivity contribution in [3.05, 3.63) is 37.1 Å². The van der Waals surface area contributed by atoms with Crippen LogP contribution in [0.3, 0.4) is 0 Å². The molecule has 0 radical (unpaired) electrons. The number of aromatic nitrogens is 2. The van der Waals surface area contributed by atoms with Gasteiger partial charge in [-0.05, 0) is 24.5 Å². The van der Waals surface area contributed by atoms with E-state index in [0.717, 1.165) is 10.8 Å². The van der Waals surface area contributed by atoms with Crippen molar-refractivity contribution in [3.63, 3.8) is 0 Å². The predicted octanol–water partition coefficient (Wildman–Crippen LogP) is 1.14. The van der Waals surface area contributed by atoms with E-state index in [2.05, 4.69) is 12.6 Å². The van der Waals surface area contributed by atoms with Crippen molar-refractivity contribution < 1.29 is 4.92 Å². The highest BCUT2D eigenvalue weighted by Crippen LogP contribution is 2.14. The summed E-state index contributed by atoms with van der Waals surface area (Å²) in [6.45, 7) is 6.02. The SMILES string of the molecule is CCn1cc([N+](=O)[O-])c(=O)n(CC(CS)C(C)C)c1=O. The van der Waals surface area contributed by atoms with Crippen LogP contribution in [0.4, 0.5) is 5.69 Å². The minimum atomic E-state index is -0.850. The summed E-state index contributed by atoms with van der Waals surface area (Å²) in [5.41, 5.74) is -1.94. The molecule has 1 aromatic rings. The minimum absolute atomic E-state index is 0.00366. The van der Waals surface area contributed by atoms with Crippen molar-refractivity contribution in [2.45, 2.75) is 33.9 Å². The molecule has 20 heavy (non-hydrogen) atoms. The second-order valence-corrected chi connectivity index (χ2v) is 5.31. The molecular formula is C12H19N3O4S. The zero-order valence-corrected chi connectivity index (χ0v) is 12.7. The molecule has 0 aliphatic rings. The molecule has 0 aliphatic heterocycles. The Balaban J connectivity index is 3.44. The van der Waals surface area contributed by atoms with Crippen LogP contribution in [0.5, 0.6) is 0 Å². The second-order valence-electron chi connectivity index (χ2n) is 4.94. The molecule has 0 fully saturated rings. The molecule has 1 rings (SSSR count). The molecule has 0 bridgehead atoms. The van der Waals surface area contributed by atoms with Gasteiger partial charge in [-0.2, -0.15) is 12.6 Å². The Kier molecular flexibility index (Phi) is 5.55. The smallest absolute Gasteiger partial charge is 0.294 e. The first kappa shape index (κ1) is 16.5. The summed E-state index contributed by atoms with van der Waals surface area (Å²) in [7, 11) is 0. The largest absolute Gasteiger partial charge is 0.350 e. The van der Waals surface area contributed by atoms with Crippen LogP contribution in [0.2, 0.25) is 0 Å². The van der Waals surface area contributed by atoms with Gasteiger partial charge in [0.25, 0.3) is 0 Å². The van der Waals surface area contributed by atoms with Crippen LogP contribution < -0.4 is 11.2 Å². The van der Waals surface area contributed by atoms with Crippen molar-refractivity contribution in [3.8, 4) is 0 Å². The zero-order valence-electron chi connectivity index (χ0n) is 11.8. The number of hydrogen-bond donors (Lipinski definition) is 1. The Morgan fingerprint density at radius 3 is 2.40 bits per heavy atom. The normalized spacial score (nSPS) is 12.7. The van der Waals surface area contributed by atoms with Crippen molar-refractivity contribution in [2.75, 3.05) is 5.75 Å². The molecule has 1 aromatic heterocycles. The van der Waals surface area contributed by atoms with E-state index in [0.29, 0.717) is 5.75 Å². The van der Waals surface area contributed by atoms with Gasteiger partial charge >= 0.3 is 16.9 Å². The van der Waals surface area contributed by atoms with E-state index in [1.807, 2.05) is 13.8 Å². The van der Waals surface area contributed by atoms with Crippen LogP contribution in [0, 0.1) is 22.0 Å². The number of nitro groups is 1. The summed E-state index contributed by atoms with van der Waals surface area (Å²) in [5.74, 6) is 0.711. The Bertz CT molecular complexity index is 606. The molecule has 1 heterocycles. The molecule has 112 valence electrons. The highest BCUT2D eigenvalue weighted by molar-refractivity contribution is 7.80. The molecule has 0 saturated carbocycles. The Hall–Kier alpha value is -1.57. The van der Waals surface area contributed by atoms with Gasteiger partial charge in [0, 0.05) is 13.1 Å². The molecule has 0 saturated heterocycles. The molecule has 0 N–H and O–H groups in total. The zero-order chi connectivity index (χ0) is 15.4. The Morgan fingerprint density at radius 1 is 1.40 bits per heavy atom. The Labute approximate surface area is 121 Å². The van der Waals surface area contributed by atoms with Crippen LogP contribution in [0.15, 0.2) is 15.8 Å². The Morgan fingerprint density at radius 2 is 2.00 bits per heavy atom. The van der Waals surface area contributed by atoms with Gasteiger partial charge in [-0.25, -0.2) is 4.79 Å². The fourth-order valence-electron chi connectivity index (χ4n) is 1.86. The molecule has 0 amide bonds. The molecule has 0 spiro atoms. The molecule has 0 aromatic carbocycles. The average Bonchev–Trinajstić information content (AvgIpc) is 2.38. The molecule has 1 unspecified atom stereocenters. The van der Waals surface area contributed by atoms with E-state index in [4.69, 9.17) is 0 Å². The number of thiol groups is 1. The lowest BCUT2D eigenvalue weighted by Gasteiger charge is -2.19.